The number of likely N-dealkylation sites (N-methyl/N-ethyl adjacent to an activating group) is 1. The lowest BCUT2D eigenvalue weighted by atomic mass is 10.0. The molecule has 2 atom stereocenters. The summed E-state index contributed by atoms with van der Waals surface area (Å²) in [5.41, 5.74) is 1.27. The van der Waals surface area contributed by atoms with Gasteiger partial charge >= 0.3 is 0 Å². The van der Waals surface area contributed by atoms with Gasteiger partial charge in [-0.25, -0.2) is 0 Å². The Morgan fingerprint density at radius 2 is 2.04 bits per heavy atom. The highest BCUT2D eigenvalue weighted by Crippen LogP contribution is 2.21. The van der Waals surface area contributed by atoms with Gasteiger partial charge in [-0.1, -0.05) is 19.1 Å². The molecule has 1 saturated heterocycles. The van der Waals surface area contributed by atoms with Crippen molar-refractivity contribution in [3.63, 3.8) is 0 Å². The van der Waals surface area contributed by atoms with Gasteiger partial charge in [-0.15, -0.1) is 24.0 Å². The molecule has 1 fully saturated rings. The van der Waals surface area contributed by atoms with E-state index in [2.05, 4.69) is 53.3 Å². The van der Waals surface area contributed by atoms with Crippen molar-refractivity contribution in [2.45, 2.75) is 25.8 Å². The van der Waals surface area contributed by atoms with E-state index in [1.807, 2.05) is 19.2 Å². The van der Waals surface area contributed by atoms with Gasteiger partial charge in [0, 0.05) is 26.7 Å². The number of methoxy groups -OCH3 is 1. The summed E-state index contributed by atoms with van der Waals surface area (Å²) in [6, 6.07) is 8.60. The van der Waals surface area contributed by atoms with Crippen LogP contribution in [0.3, 0.4) is 0 Å². The summed E-state index contributed by atoms with van der Waals surface area (Å²) in [6.45, 7) is 5.34. The standard InChI is InChI=1S/C19H32N4O.HI/c1-15-7-6-12-23(14-15)19(20-2)21-13-18(22(3)4)16-8-10-17(24-5)11-9-16;/h8-11,15,18H,6-7,12-14H2,1-5H3,(H,20,21);1H. The largest absolute Gasteiger partial charge is 0.497 e. The summed E-state index contributed by atoms with van der Waals surface area (Å²) < 4.78 is 5.26. The van der Waals surface area contributed by atoms with Crippen molar-refractivity contribution in [2.24, 2.45) is 10.9 Å². The molecule has 142 valence electrons. The number of hydrogen-bond donors (Lipinski definition) is 1. The predicted molar refractivity (Wildman–Crippen MR) is 116 cm³/mol. The molecule has 0 spiro atoms. The molecule has 6 heteroatoms. The van der Waals surface area contributed by atoms with Gasteiger partial charge in [0.05, 0.1) is 13.2 Å². The number of ether oxygens (including phenoxy) is 1. The Kier molecular flexibility index (Phi) is 9.56. The van der Waals surface area contributed by atoms with Crippen LogP contribution in [0.15, 0.2) is 29.3 Å². The van der Waals surface area contributed by atoms with Crippen molar-refractivity contribution in [3.8, 4) is 5.75 Å². The van der Waals surface area contributed by atoms with Crippen LogP contribution < -0.4 is 10.1 Å². The zero-order valence-electron chi connectivity index (χ0n) is 16.2. The first-order valence-electron chi connectivity index (χ1n) is 8.81. The van der Waals surface area contributed by atoms with Gasteiger partial charge in [-0.2, -0.15) is 0 Å². The normalized spacial score (nSPS) is 19.4. The predicted octanol–water partition coefficient (Wildman–Crippen LogP) is 3.22. The molecule has 0 aliphatic carbocycles. The Hall–Kier alpha value is -1.02. The van der Waals surface area contributed by atoms with Gasteiger partial charge in [-0.3, -0.25) is 4.99 Å². The molecule has 1 heterocycles. The van der Waals surface area contributed by atoms with Gasteiger partial charge in [0.15, 0.2) is 5.96 Å². The van der Waals surface area contributed by atoms with E-state index in [0.29, 0.717) is 0 Å². The average molecular weight is 460 g/mol. The summed E-state index contributed by atoms with van der Waals surface area (Å²) in [7, 11) is 7.80. The van der Waals surface area contributed by atoms with E-state index in [1.165, 1.54) is 18.4 Å². The molecule has 0 saturated carbocycles. The lowest BCUT2D eigenvalue weighted by molar-refractivity contribution is 0.258. The molecular weight excluding hydrogens is 427 g/mol. The van der Waals surface area contributed by atoms with Crippen LogP contribution in [0.2, 0.25) is 0 Å². The summed E-state index contributed by atoms with van der Waals surface area (Å²) >= 11 is 0. The Labute approximate surface area is 169 Å². The van der Waals surface area contributed by atoms with Crippen LogP contribution in [-0.2, 0) is 0 Å². The van der Waals surface area contributed by atoms with Crippen LogP contribution in [0.5, 0.6) is 5.75 Å². The van der Waals surface area contributed by atoms with E-state index in [-0.39, 0.29) is 30.0 Å². The molecule has 5 nitrogen and oxygen atoms in total. The van der Waals surface area contributed by atoms with Crippen molar-refractivity contribution >= 4 is 29.9 Å². The fourth-order valence-electron chi connectivity index (χ4n) is 3.33. The van der Waals surface area contributed by atoms with E-state index in [4.69, 9.17) is 4.74 Å². The van der Waals surface area contributed by atoms with Crippen molar-refractivity contribution < 1.29 is 4.74 Å². The molecule has 0 bridgehead atoms. The Balaban J connectivity index is 0.00000312. The molecular formula is C19H33IN4O. The van der Waals surface area contributed by atoms with Gasteiger partial charge in [0.25, 0.3) is 0 Å². The third-order valence-corrected chi connectivity index (χ3v) is 4.75. The highest BCUT2D eigenvalue weighted by atomic mass is 127. The number of nitrogens with zero attached hydrogens (tertiary/aromatic N) is 3. The highest BCUT2D eigenvalue weighted by molar-refractivity contribution is 14.0. The molecule has 2 unspecified atom stereocenters. The van der Waals surface area contributed by atoms with Crippen LogP contribution in [0.25, 0.3) is 0 Å². The van der Waals surface area contributed by atoms with Crippen LogP contribution in [0.4, 0.5) is 0 Å². The first-order chi connectivity index (χ1) is 11.5. The molecule has 1 aliphatic rings. The monoisotopic (exact) mass is 460 g/mol. The van der Waals surface area contributed by atoms with Crippen LogP contribution in [0.1, 0.15) is 31.4 Å². The fraction of sp³-hybridized carbons (Fsp3) is 0.632. The van der Waals surface area contributed by atoms with Gasteiger partial charge in [0.1, 0.15) is 5.75 Å². The maximum absolute atomic E-state index is 5.26. The molecule has 25 heavy (non-hydrogen) atoms. The van der Waals surface area contributed by atoms with E-state index >= 15 is 0 Å². The number of halogens is 1. The SMILES string of the molecule is CN=C(NCC(c1ccc(OC)cc1)N(C)C)N1CCCC(C)C1.I. The van der Waals surface area contributed by atoms with E-state index in [1.54, 1.807) is 7.11 Å². The van der Waals surface area contributed by atoms with E-state index in [9.17, 15) is 0 Å². The second-order valence-corrected chi connectivity index (χ2v) is 6.87. The number of likely N-dealkylation sites (tertiary alicyclic amines) is 1. The summed E-state index contributed by atoms with van der Waals surface area (Å²) in [5.74, 6) is 2.65. The van der Waals surface area contributed by atoms with Gasteiger partial charge in [0.2, 0.25) is 0 Å². The van der Waals surface area contributed by atoms with E-state index < -0.39 is 0 Å². The second kappa shape index (κ2) is 10.9. The second-order valence-electron chi connectivity index (χ2n) is 6.87. The lowest BCUT2D eigenvalue weighted by Crippen LogP contribution is -2.48. The number of piperidine rings is 1. The topological polar surface area (TPSA) is 40.1 Å². The Bertz CT molecular complexity index is 533. The molecule has 1 aliphatic heterocycles. The minimum atomic E-state index is 0. The van der Waals surface area contributed by atoms with Crippen molar-refractivity contribution in [1.82, 2.24) is 15.1 Å². The minimum Gasteiger partial charge on any atom is -0.497 e. The molecule has 1 aromatic carbocycles. The zero-order chi connectivity index (χ0) is 17.5. The third-order valence-electron chi connectivity index (χ3n) is 4.75. The summed E-state index contributed by atoms with van der Waals surface area (Å²) in [6.07, 6.45) is 2.57. The van der Waals surface area contributed by atoms with Crippen molar-refractivity contribution in [1.29, 1.82) is 0 Å². The van der Waals surface area contributed by atoms with Crippen molar-refractivity contribution in [2.75, 3.05) is 47.9 Å². The number of hydrogen-bond acceptors (Lipinski definition) is 3. The van der Waals surface area contributed by atoms with Crippen LogP contribution in [0, 0.1) is 5.92 Å². The molecule has 1 aromatic rings. The summed E-state index contributed by atoms with van der Waals surface area (Å²) in [5, 5.41) is 3.57. The fourth-order valence-corrected chi connectivity index (χ4v) is 3.33. The third kappa shape index (κ3) is 6.33. The number of guanidine groups is 1. The molecule has 0 aromatic heterocycles. The molecule has 2 rings (SSSR count). The van der Waals surface area contributed by atoms with Crippen LogP contribution >= 0.6 is 24.0 Å². The summed E-state index contributed by atoms with van der Waals surface area (Å²) in [4.78, 5) is 9.11. The molecule has 0 amide bonds. The number of aliphatic imine (C=N–C) groups is 1. The van der Waals surface area contributed by atoms with Gasteiger partial charge in [-0.05, 0) is 50.6 Å². The maximum atomic E-state index is 5.26. The average Bonchev–Trinajstić information content (AvgIpc) is 2.59. The maximum Gasteiger partial charge on any atom is 0.193 e. The quantitative estimate of drug-likeness (QED) is 0.416. The number of rotatable bonds is 5. The molecule has 0 radical (unpaired) electrons. The van der Waals surface area contributed by atoms with Crippen molar-refractivity contribution in [3.05, 3.63) is 29.8 Å². The first kappa shape index (κ1) is 22.0. The Morgan fingerprint density at radius 3 is 2.56 bits per heavy atom. The minimum absolute atomic E-state index is 0. The van der Waals surface area contributed by atoms with Crippen LogP contribution in [-0.4, -0.2) is 63.6 Å². The highest BCUT2D eigenvalue weighted by Gasteiger charge is 2.21. The first-order valence-corrected chi connectivity index (χ1v) is 8.81. The number of benzene rings is 1. The van der Waals surface area contributed by atoms with E-state index in [0.717, 1.165) is 37.3 Å². The Morgan fingerprint density at radius 1 is 1.36 bits per heavy atom. The smallest absolute Gasteiger partial charge is 0.193 e. The number of nitrogens with one attached hydrogen (secondary N) is 1. The zero-order valence-corrected chi connectivity index (χ0v) is 18.5. The van der Waals surface area contributed by atoms with Gasteiger partial charge < -0.3 is 19.9 Å². The lowest BCUT2D eigenvalue weighted by Gasteiger charge is -2.35. The molecule has 1 N–H and O–H groups in total.